The zero-order chi connectivity index (χ0) is 22.7. The van der Waals surface area contributed by atoms with Crippen LogP contribution in [0, 0.1) is 5.41 Å². The molecule has 1 aliphatic carbocycles. The molecule has 164 valence electrons. The van der Waals surface area contributed by atoms with Crippen molar-refractivity contribution in [3.63, 3.8) is 0 Å². The summed E-state index contributed by atoms with van der Waals surface area (Å²) >= 11 is 0. The summed E-state index contributed by atoms with van der Waals surface area (Å²) in [5, 5.41) is 3.22. The van der Waals surface area contributed by atoms with Gasteiger partial charge in [0.1, 0.15) is 5.75 Å². The number of nitrogens with zero attached hydrogens (tertiary/aromatic N) is 3. The Morgan fingerprint density at radius 2 is 2.06 bits per heavy atom. The molecular weight excluding hydrogens is 400 g/mol. The lowest BCUT2D eigenvalue weighted by molar-refractivity contribution is 0.0919. The van der Waals surface area contributed by atoms with E-state index in [0.717, 1.165) is 41.0 Å². The summed E-state index contributed by atoms with van der Waals surface area (Å²) in [7, 11) is 1.63. The fourth-order valence-corrected chi connectivity index (χ4v) is 4.29. The van der Waals surface area contributed by atoms with Crippen LogP contribution in [0.2, 0.25) is 0 Å². The Balaban J connectivity index is 1.63. The number of rotatable bonds is 6. The molecule has 6 nitrogen and oxygen atoms in total. The molecule has 0 fully saturated rings. The Morgan fingerprint density at radius 3 is 2.78 bits per heavy atom. The molecule has 0 aliphatic heterocycles. The molecule has 2 heterocycles. The number of pyridine rings is 1. The Kier molecular flexibility index (Phi) is 6.04. The first-order valence-corrected chi connectivity index (χ1v) is 10.7. The summed E-state index contributed by atoms with van der Waals surface area (Å²) in [6.45, 7) is 8.21. The average Bonchev–Trinajstić information content (AvgIpc) is 2.78. The van der Waals surface area contributed by atoms with Gasteiger partial charge in [-0.1, -0.05) is 19.9 Å². The smallest absolute Gasteiger partial charge is 0.251 e. The van der Waals surface area contributed by atoms with Crippen molar-refractivity contribution in [3.8, 4) is 17.1 Å². The second-order valence-corrected chi connectivity index (χ2v) is 8.92. The van der Waals surface area contributed by atoms with Crippen molar-refractivity contribution in [2.24, 2.45) is 5.41 Å². The maximum absolute atomic E-state index is 13.2. The first-order chi connectivity index (χ1) is 15.4. The Morgan fingerprint density at radius 1 is 1.28 bits per heavy atom. The largest absolute Gasteiger partial charge is 0.496 e. The van der Waals surface area contributed by atoms with Crippen LogP contribution in [0.4, 0.5) is 0 Å². The van der Waals surface area contributed by atoms with Gasteiger partial charge >= 0.3 is 0 Å². The number of ether oxygens (including phenoxy) is 1. The quantitative estimate of drug-likeness (QED) is 0.575. The first kappa shape index (κ1) is 21.7. The molecular formula is C26H28N4O2. The fourth-order valence-electron chi connectivity index (χ4n) is 4.29. The number of amides is 1. The average molecular weight is 429 g/mol. The second-order valence-electron chi connectivity index (χ2n) is 8.92. The number of fused-ring (bicyclic) bond motifs is 1. The highest BCUT2D eigenvalue weighted by atomic mass is 16.5. The van der Waals surface area contributed by atoms with Crippen molar-refractivity contribution in [1.82, 2.24) is 20.3 Å². The third-order valence-corrected chi connectivity index (χ3v) is 5.83. The van der Waals surface area contributed by atoms with E-state index in [9.17, 15) is 4.79 Å². The minimum absolute atomic E-state index is 0.00270. The molecule has 0 radical (unpaired) electrons. The van der Waals surface area contributed by atoms with Crippen LogP contribution in [0.25, 0.3) is 11.4 Å². The van der Waals surface area contributed by atoms with Crippen LogP contribution in [-0.2, 0) is 12.8 Å². The highest BCUT2D eigenvalue weighted by molar-refractivity contribution is 5.95. The third kappa shape index (κ3) is 4.54. The minimum Gasteiger partial charge on any atom is -0.496 e. The van der Waals surface area contributed by atoms with Gasteiger partial charge in [0.2, 0.25) is 0 Å². The van der Waals surface area contributed by atoms with Crippen molar-refractivity contribution in [2.75, 3.05) is 7.11 Å². The van der Waals surface area contributed by atoms with Crippen molar-refractivity contribution >= 4 is 5.91 Å². The van der Waals surface area contributed by atoms with E-state index in [1.807, 2.05) is 30.5 Å². The molecule has 32 heavy (non-hydrogen) atoms. The van der Waals surface area contributed by atoms with Crippen molar-refractivity contribution in [2.45, 2.75) is 39.2 Å². The minimum atomic E-state index is -0.155. The number of benzene rings is 1. The molecule has 0 bridgehead atoms. The van der Waals surface area contributed by atoms with Gasteiger partial charge < -0.3 is 10.1 Å². The molecule has 4 rings (SSSR count). The van der Waals surface area contributed by atoms with Crippen LogP contribution in [0.15, 0.2) is 61.6 Å². The van der Waals surface area contributed by atoms with Gasteiger partial charge in [-0.05, 0) is 60.6 Å². The standard InChI is InChI=1S/C26H28N4O2/c1-5-6-18-13-19(7-8-23(18)32-4)25(31)30-22-15-26(2,3)14-21-20(22)16-28-24(29-21)17-9-11-27-12-10-17/h5,7-13,16,22H,1,6,14-15H2,2-4H3,(H,30,31). The van der Waals surface area contributed by atoms with Crippen LogP contribution in [-0.4, -0.2) is 28.0 Å². The molecule has 1 atom stereocenters. The van der Waals surface area contributed by atoms with Gasteiger partial charge in [0.25, 0.3) is 5.91 Å². The maximum atomic E-state index is 13.2. The molecule has 1 amide bonds. The van der Waals surface area contributed by atoms with Gasteiger partial charge in [0, 0.05) is 35.3 Å². The van der Waals surface area contributed by atoms with Crippen molar-refractivity contribution in [1.29, 1.82) is 0 Å². The molecule has 1 N–H and O–H groups in total. The van der Waals surface area contributed by atoms with E-state index in [1.165, 1.54) is 0 Å². The molecule has 0 saturated heterocycles. The zero-order valence-corrected chi connectivity index (χ0v) is 18.8. The van der Waals surface area contributed by atoms with Gasteiger partial charge in [0.05, 0.1) is 18.8 Å². The number of carbonyl (C=O) groups is 1. The summed E-state index contributed by atoms with van der Waals surface area (Å²) in [6, 6.07) is 9.14. The van der Waals surface area contributed by atoms with Crippen LogP contribution in [0.3, 0.4) is 0 Å². The predicted molar refractivity (Wildman–Crippen MR) is 124 cm³/mol. The highest BCUT2D eigenvalue weighted by Crippen LogP contribution is 2.40. The summed E-state index contributed by atoms with van der Waals surface area (Å²) in [6.07, 6.45) is 9.42. The van der Waals surface area contributed by atoms with Crippen molar-refractivity contribution < 1.29 is 9.53 Å². The van der Waals surface area contributed by atoms with E-state index in [2.05, 4.69) is 35.7 Å². The Labute approximate surface area is 188 Å². The highest BCUT2D eigenvalue weighted by Gasteiger charge is 2.34. The molecule has 1 aliphatic rings. The summed E-state index contributed by atoms with van der Waals surface area (Å²) in [5.41, 5.74) is 4.43. The fraction of sp³-hybridized carbons (Fsp3) is 0.308. The number of aromatic nitrogens is 3. The van der Waals surface area contributed by atoms with Crippen LogP contribution in [0.5, 0.6) is 5.75 Å². The number of allylic oxidation sites excluding steroid dienone is 1. The predicted octanol–water partition coefficient (Wildman–Crippen LogP) is 4.72. The van der Waals surface area contributed by atoms with E-state index in [0.29, 0.717) is 17.8 Å². The lowest BCUT2D eigenvalue weighted by Gasteiger charge is -2.36. The summed E-state index contributed by atoms with van der Waals surface area (Å²) in [5.74, 6) is 1.31. The number of methoxy groups -OCH3 is 1. The first-order valence-electron chi connectivity index (χ1n) is 10.7. The molecule has 3 aromatic rings. The summed E-state index contributed by atoms with van der Waals surface area (Å²) < 4.78 is 5.40. The topological polar surface area (TPSA) is 77.0 Å². The monoisotopic (exact) mass is 428 g/mol. The van der Waals surface area contributed by atoms with Crippen molar-refractivity contribution in [3.05, 3.63) is 84.0 Å². The number of hydrogen-bond acceptors (Lipinski definition) is 5. The number of nitrogens with one attached hydrogen (secondary N) is 1. The Bertz CT molecular complexity index is 1140. The van der Waals surface area contributed by atoms with Crippen LogP contribution < -0.4 is 10.1 Å². The van der Waals surface area contributed by atoms with Crippen LogP contribution in [0.1, 0.15) is 53.5 Å². The van der Waals surface area contributed by atoms with Gasteiger partial charge in [-0.25, -0.2) is 9.97 Å². The molecule has 6 heteroatoms. The van der Waals surface area contributed by atoms with Gasteiger partial charge in [-0.15, -0.1) is 6.58 Å². The van der Waals surface area contributed by atoms with Gasteiger partial charge in [-0.2, -0.15) is 0 Å². The van der Waals surface area contributed by atoms with E-state index >= 15 is 0 Å². The lowest BCUT2D eigenvalue weighted by Crippen LogP contribution is -2.37. The van der Waals surface area contributed by atoms with E-state index < -0.39 is 0 Å². The Hall–Kier alpha value is -3.54. The van der Waals surface area contributed by atoms with E-state index in [1.54, 1.807) is 31.6 Å². The van der Waals surface area contributed by atoms with E-state index in [4.69, 9.17) is 9.72 Å². The normalized spacial score (nSPS) is 16.7. The third-order valence-electron chi connectivity index (χ3n) is 5.83. The molecule has 0 saturated carbocycles. The lowest BCUT2D eigenvalue weighted by atomic mass is 9.74. The SMILES string of the molecule is C=CCc1cc(C(=O)NC2CC(C)(C)Cc3nc(-c4ccncc4)ncc32)ccc1OC. The maximum Gasteiger partial charge on any atom is 0.251 e. The summed E-state index contributed by atoms with van der Waals surface area (Å²) in [4.78, 5) is 26.7. The molecule has 0 spiro atoms. The zero-order valence-electron chi connectivity index (χ0n) is 18.8. The van der Waals surface area contributed by atoms with Crippen LogP contribution >= 0.6 is 0 Å². The van der Waals surface area contributed by atoms with E-state index in [-0.39, 0.29) is 17.4 Å². The van der Waals surface area contributed by atoms with Gasteiger partial charge in [-0.3, -0.25) is 9.78 Å². The molecule has 2 aromatic heterocycles. The second kappa shape index (κ2) is 8.91. The number of carbonyl (C=O) groups excluding carboxylic acids is 1. The molecule has 1 unspecified atom stereocenters. The number of hydrogen-bond donors (Lipinski definition) is 1. The van der Waals surface area contributed by atoms with Gasteiger partial charge in [0.15, 0.2) is 5.82 Å². The molecule has 1 aromatic carbocycles.